The maximum atomic E-state index is 14.1. The van der Waals surface area contributed by atoms with Gasteiger partial charge in [0.2, 0.25) is 11.4 Å². The van der Waals surface area contributed by atoms with Gasteiger partial charge in [-0.1, -0.05) is 30.7 Å². The van der Waals surface area contributed by atoms with E-state index in [1.54, 1.807) is 26.1 Å². The first kappa shape index (κ1) is 23.5. The van der Waals surface area contributed by atoms with E-state index in [2.05, 4.69) is 5.32 Å². The van der Waals surface area contributed by atoms with Crippen LogP contribution in [0.15, 0.2) is 30.3 Å². The molecule has 5 atom stereocenters. The minimum Gasteiger partial charge on any atom is -0.496 e. The summed E-state index contributed by atoms with van der Waals surface area (Å²) < 4.78 is 30.4. The highest BCUT2D eigenvalue weighted by Crippen LogP contribution is 2.54. The fourth-order valence-corrected chi connectivity index (χ4v) is 5.38. The maximum absolute atomic E-state index is 14.1. The van der Waals surface area contributed by atoms with E-state index in [1.807, 2.05) is 0 Å². The Morgan fingerprint density at radius 2 is 1.85 bits per heavy atom. The predicted molar refractivity (Wildman–Crippen MR) is 121 cm³/mol. The second kappa shape index (κ2) is 8.59. The van der Waals surface area contributed by atoms with Crippen LogP contribution in [0.25, 0.3) is 0 Å². The van der Waals surface area contributed by atoms with Gasteiger partial charge in [0.05, 0.1) is 20.1 Å². The van der Waals surface area contributed by atoms with Crippen LogP contribution in [0.1, 0.15) is 35.3 Å². The molecule has 9 heteroatoms. The Labute approximate surface area is 196 Å². The molecule has 2 aliphatic rings. The van der Waals surface area contributed by atoms with Gasteiger partial charge in [0, 0.05) is 24.1 Å². The second-order valence-corrected chi connectivity index (χ2v) is 8.85. The maximum Gasteiger partial charge on any atom is 0.232 e. The summed E-state index contributed by atoms with van der Waals surface area (Å²) in [5.41, 5.74) is 5.45. The minimum absolute atomic E-state index is 0.0649. The zero-order valence-electron chi connectivity index (χ0n) is 18.8. The average Bonchev–Trinajstić information content (AvgIpc) is 3.11. The summed E-state index contributed by atoms with van der Waals surface area (Å²) in [5.74, 6) is -2.13. The van der Waals surface area contributed by atoms with E-state index in [-0.39, 0.29) is 27.8 Å². The summed E-state index contributed by atoms with van der Waals surface area (Å²) in [7, 11) is 4.54. The van der Waals surface area contributed by atoms with Gasteiger partial charge >= 0.3 is 0 Å². The van der Waals surface area contributed by atoms with E-state index in [1.165, 1.54) is 32.4 Å². The highest BCUT2D eigenvalue weighted by Gasteiger charge is 2.64. The van der Waals surface area contributed by atoms with Gasteiger partial charge < -0.3 is 25.3 Å². The van der Waals surface area contributed by atoms with E-state index in [0.717, 1.165) is 0 Å². The molecule has 4 rings (SSSR count). The van der Waals surface area contributed by atoms with Crippen molar-refractivity contribution in [2.24, 2.45) is 17.6 Å². The molecule has 1 heterocycles. The average molecular weight is 477 g/mol. The van der Waals surface area contributed by atoms with Gasteiger partial charge in [-0.2, -0.15) is 0 Å². The van der Waals surface area contributed by atoms with Crippen molar-refractivity contribution in [2.75, 3.05) is 21.3 Å². The monoisotopic (exact) mass is 476 g/mol. The third-order valence-electron chi connectivity index (χ3n) is 6.77. The summed E-state index contributed by atoms with van der Waals surface area (Å²) in [5, 5.41) is 3.21. The molecule has 2 aromatic carbocycles. The molecule has 0 radical (unpaired) electrons. The van der Waals surface area contributed by atoms with Gasteiger partial charge in [0.1, 0.15) is 27.9 Å². The van der Waals surface area contributed by atoms with Gasteiger partial charge in [-0.15, -0.1) is 0 Å². The van der Waals surface area contributed by atoms with Gasteiger partial charge in [0.15, 0.2) is 11.5 Å². The molecule has 0 aromatic heterocycles. The normalized spacial score (nSPS) is 27.3. The summed E-state index contributed by atoms with van der Waals surface area (Å²) >= 11 is 6.47. The SMILES string of the molecule is CNC(c1ccc(F)cc1)C1C(=O)[C@@]2(Oc3c(Cl)c(OC)cc(OC)c3C2=O)[C@H](C)CC1N. The predicted octanol–water partition coefficient (Wildman–Crippen LogP) is 3.32. The smallest absolute Gasteiger partial charge is 0.232 e. The lowest BCUT2D eigenvalue weighted by molar-refractivity contribution is -0.144. The molecule has 33 heavy (non-hydrogen) atoms. The second-order valence-electron chi connectivity index (χ2n) is 8.47. The molecular weight excluding hydrogens is 451 g/mol. The number of carbonyl (C=O) groups is 2. The van der Waals surface area contributed by atoms with Crippen molar-refractivity contribution >= 4 is 23.2 Å². The Kier molecular flexibility index (Phi) is 6.11. The summed E-state index contributed by atoms with van der Waals surface area (Å²) in [6, 6.07) is 6.23. The van der Waals surface area contributed by atoms with E-state index in [0.29, 0.717) is 12.0 Å². The summed E-state index contributed by atoms with van der Waals surface area (Å²) in [4.78, 5) is 27.9. The van der Waals surface area contributed by atoms with Crippen LogP contribution in [0.4, 0.5) is 4.39 Å². The Hall–Kier alpha value is -2.68. The fourth-order valence-electron chi connectivity index (χ4n) is 5.12. The lowest BCUT2D eigenvalue weighted by atomic mass is 9.63. The van der Waals surface area contributed by atoms with Crippen molar-refractivity contribution in [3.8, 4) is 17.2 Å². The topological polar surface area (TPSA) is 99.9 Å². The first-order valence-electron chi connectivity index (χ1n) is 10.6. The van der Waals surface area contributed by atoms with Crippen molar-refractivity contribution in [1.29, 1.82) is 0 Å². The number of hydrogen-bond donors (Lipinski definition) is 2. The molecule has 1 spiro atoms. The molecule has 1 saturated carbocycles. The molecule has 2 aromatic rings. The lowest BCUT2D eigenvalue weighted by Crippen LogP contribution is -2.65. The number of benzene rings is 2. The van der Waals surface area contributed by atoms with Crippen LogP contribution in [0.3, 0.4) is 0 Å². The molecule has 176 valence electrons. The standard InChI is InChI=1S/C24H26ClFN2O5/c1-11-9-14(27)17(20(28-2)12-5-7-13(26)8-6-12)22(29)24(11)23(30)18-15(31-3)10-16(32-4)19(25)21(18)33-24/h5-8,10-11,14,17,20,28H,9,27H2,1-4H3/t11-,14?,17?,20?,24+/m1/s1. The molecule has 0 saturated heterocycles. The zero-order chi connectivity index (χ0) is 24.1. The number of nitrogens with one attached hydrogen (secondary N) is 1. The van der Waals surface area contributed by atoms with Crippen molar-refractivity contribution in [3.63, 3.8) is 0 Å². The number of rotatable bonds is 5. The van der Waals surface area contributed by atoms with E-state index in [9.17, 15) is 14.0 Å². The number of fused-ring (bicyclic) bond motifs is 1. The van der Waals surface area contributed by atoms with Crippen LogP contribution < -0.4 is 25.3 Å². The number of nitrogens with two attached hydrogens (primary N) is 1. The molecule has 3 unspecified atom stereocenters. The molecule has 1 fully saturated rings. The van der Waals surface area contributed by atoms with Crippen LogP contribution in [-0.2, 0) is 4.79 Å². The fraction of sp³-hybridized carbons (Fsp3) is 0.417. The van der Waals surface area contributed by atoms with Gasteiger partial charge in [0.25, 0.3) is 0 Å². The van der Waals surface area contributed by atoms with Gasteiger partial charge in [-0.05, 0) is 31.2 Å². The number of hydrogen-bond acceptors (Lipinski definition) is 7. The molecule has 3 N–H and O–H groups in total. The Morgan fingerprint density at radius 3 is 2.42 bits per heavy atom. The summed E-state index contributed by atoms with van der Waals surface area (Å²) in [6.07, 6.45) is 0.354. The van der Waals surface area contributed by atoms with Crippen molar-refractivity contribution in [3.05, 3.63) is 52.3 Å². The Bertz CT molecular complexity index is 1110. The highest BCUT2D eigenvalue weighted by molar-refractivity contribution is 6.36. The highest BCUT2D eigenvalue weighted by atomic mass is 35.5. The third kappa shape index (κ3) is 3.39. The van der Waals surface area contributed by atoms with Crippen LogP contribution in [-0.4, -0.2) is 44.5 Å². The molecule has 1 aliphatic heterocycles. The van der Waals surface area contributed by atoms with Crippen molar-refractivity contribution in [2.45, 2.75) is 31.0 Å². The molecule has 7 nitrogen and oxygen atoms in total. The Morgan fingerprint density at radius 1 is 1.21 bits per heavy atom. The lowest BCUT2D eigenvalue weighted by Gasteiger charge is -2.45. The number of ketones is 2. The number of carbonyl (C=O) groups excluding carboxylic acids is 2. The molecule has 1 aliphatic carbocycles. The van der Waals surface area contributed by atoms with E-state index in [4.69, 9.17) is 31.5 Å². The molecule has 0 bridgehead atoms. The van der Waals surface area contributed by atoms with Crippen molar-refractivity contribution < 1.29 is 28.2 Å². The first-order chi connectivity index (χ1) is 15.7. The summed E-state index contributed by atoms with van der Waals surface area (Å²) in [6.45, 7) is 1.77. The minimum atomic E-state index is -1.80. The molecule has 0 amide bonds. The largest absolute Gasteiger partial charge is 0.496 e. The Balaban J connectivity index is 1.83. The van der Waals surface area contributed by atoms with Crippen LogP contribution in [0.5, 0.6) is 17.2 Å². The van der Waals surface area contributed by atoms with Crippen LogP contribution in [0, 0.1) is 17.7 Å². The van der Waals surface area contributed by atoms with Crippen LogP contribution in [0.2, 0.25) is 5.02 Å². The van der Waals surface area contributed by atoms with Crippen molar-refractivity contribution in [1.82, 2.24) is 5.32 Å². The van der Waals surface area contributed by atoms with Gasteiger partial charge in [-0.25, -0.2) is 4.39 Å². The molecular formula is C24H26ClFN2O5. The quantitative estimate of drug-likeness (QED) is 0.638. The number of methoxy groups -OCH3 is 2. The van der Waals surface area contributed by atoms with E-state index < -0.39 is 46.9 Å². The van der Waals surface area contributed by atoms with Gasteiger partial charge in [-0.3, -0.25) is 9.59 Å². The number of ether oxygens (including phenoxy) is 3. The number of halogens is 2. The first-order valence-corrected chi connectivity index (χ1v) is 11.0. The van der Waals surface area contributed by atoms with Crippen LogP contribution >= 0.6 is 11.6 Å². The number of Topliss-reactive ketones (excluding diaryl/α,β-unsaturated/α-hetero) is 2. The zero-order valence-corrected chi connectivity index (χ0v) is 19.5. The third-order valence-corrected chi connectivity index (χ3v) is 7.13. The van der Waals surface area contributed by atoms with E-state index >= 15 is 0 Å².